The molecule has 0 fully saturated rings. The van der Waals surface area contributed by atoms with Crippen molar-refractivity contribution in [3.63, 3.8) is 0 Å². The smallest absolute Gasteiger partial charge is 0.404 e. The molecule has 1 heterocycles. The van der Waals surface area contributed by atoms with Gasteiger partial charge in [0.2, 0.25) is 10.0 Å². The Bertz CT molecular complexity index is 1200. The monoisotopic (exact) mass is 477 g/mol. The van der Waals surface area contributed by atoms with Gasteiger partial charge in [0.15, 0.2) is 0 Å². The van der Waals surface area contributed by atoms with Gasteiger partial charge in [0.1, 0.15) is 10.6 Å². The third-order valence-electron chi connectivity index (χ3n) is 5.40. The van der Waals surface area contributed by atoms with E-state index in [1.807, 2.05) is 42.5 Å². The highest BCUT2D eigenvalue weighted by Crippen LogP contribution is 2.34. The number of rotatable bonds is 5. The van der Waals surface area contributed by atoms with Crippen LogP contribution in [0.5, 0.6) is 5.75 Å². The molecular formula is C24H22F3NO4S. The molecule has 1 aliphatic heterocycles. The van der Waals surface area contributed by atoms with Gasteiger partial charge in [0, 0.05) is 6.54 Å². The fourth-order valence-electron chi connectivity index (χ4n) is 3.86. The molecule has 1 atom stereocenters. The summed E-state index contributed by atoms with van der Waals surface area (Å²) in [6.45, 7) is 0.410. The second-order valence-electron chi connectivity index (χ2n) is 7.67. The Morgan fingerprint density at radius 3 is 2.27 bits per heavy atom. The lowest BCUT2D eigenvalue weighted by Crippen LogP contribution is -2.45. The topological polar surface area (TPSA) is 55.8 Å². The molecule has 9 heteroatoms. The number of sulfonamides is 1. The SMILES string of the molecule is O=S(=O)(c1ccccc1OC(F)(F)F)N1Cc2ccccc2COCC1Cc1ccccc1. The Morgan fingerprint density at radius 2 is 1.55 bits per heavy atom. The summed E-state index contributed by atoms with van der Waals surface area (Å²) in [5, 5.41) is 0. The van der Waals surface area contributed by atoms with Crippen molar-refractivity contribution in [3.05, 3.63) is 95.6 Å². The first kappa shape index (κ1) is 23.3. The van der Waals surface area contributed by atoms with Gasteiger partial charge in [-0.2, -0.15) is 4.31 Å². The van der Waals surface area contributed by atoms with Gasteiger partial charge >= 0.3 is 6.36 Å². The summed E-state index contributed by atoms with van der Waals surface area (Å²) < 4.78 is 77.6. The van der Waals surface area contributed by atoms with Crippen LogP contribution in [0.25, 0.3) is 0 Å². The van der Waals surface area contributed by atoms with Gasteiger partial charge in [-0.1, -0.05) is 66.7 Å². The fourth-order valence-corrected chi connectivity index (χ4v) is 5.57. The average Bonchev–Trinajstić information content (AvgIpc) is 2.76. The highest BCUT2D eigenvalue weighted by Gasteiger charge is 2.38. The maximum Gasteiger partial charge on any atom is 0.573 e. The van der Waals surface area contributed by atoms with Crippen molar-refractivity contribution in [2.24, 2.45) is 0 Å². The minimum absolute atomic E-state index is 0.000279. The van der Waals surface area contributed by atoms with Crippen molar-refractivity contribution in [2.45, 2.75) is 36.9 Å². The van der Waals surface area contributed by atoms with Gasteiger partial charge in [0.05, 0.1) is 19.3 Å². The quantitative estimate of drug-likeness (QED) is 0.524. The zero-order valence-electron chi connectivity index (χ0n) is 17.5. The zero-order valence-corrected chi connectivity index (χ0v) is 18.4. The van der Waals surface area contributed by atoms with Crippen molar-refractivity contribution in [2.75, 3.05) is 6.61 Å². The maximum absolute atomic E-state index is 13.8. The molecule has 0 amide bonds. The standard InChI is InChI=1S/C24H22F3NO4S/c25-24(26,27)32-22-12-6-7-13-23(22)33(29,30)28-15-19-10-4-5-11-20(19)16-31-17-21(28)14-18-8-2-1-3-9-18/h1-13,21H,14-17H2. The highest BCUT2D eigenvalue weighted by molar-refractivity contribution is 7.89. The summed E-state index contributed by atoms with van der Waals surface area (Å²) >= 11 is 0. The van der Waals surface area contributed by atoms with Crippen LogP contribution in [0.2, 0.25) is 0 Å². The summed E-state index contributed by atoms with van der Waals surface area (Å²) in [5.74, 6) is -0.764. The van der Waals surface area contributed by atoms with Crippen LogP contribution in [0.3, 0.4) is 0 Å². The summed E-state index contributed by atoms with van der Waals surface area (Å²) in [4.78, 5) is -0.543. The number of ether oxygens (including phenoxy) is 2. The van der Waals surface area contributed by atoms with E-state index in [9.17, 15) is 21.6 Å². The van der Waals surface area contributed by atoms with Crippen molar-refractivity contribution >= 4 is 10.0 Å². The van der Waals surface area contributed by atoms with Crippen molar-refractivity contribution in [1.29, 1.82) is 0 Å². The molecule has 0 saturated carbocycles. The summed E-state index contributed by atoms with van der Waals surface area (Å²) in [6, 6.07) is 20.7. The number of fused-ring (bicyclic) bond motifs is 1. The van der Waals surface area contributed by atoms with Crippen LogP contribution in [0, 0.1) is 0 Å². The lowest BCUT2D eigenvalue weighted by molar-refractivity contribution is -0.275. The van der Waals surface area contributed by atoms with Gasteiger partial charge in [-0.3, -0.25) is 0 Å². The van der Waals surface area contributed by atoms with Gasteiger partial charge in [-0.25, -0.2) is 8.42 Å². The molecule has 33 heavy (non-hydrogen) atoms. The third-order valence-corrected chi connectivity index (χ3v) is 7.33. The fraction of sp³-hybridized carbons (Fsp3) is 0.250. The number of para-hydroxylation sites is 1. The van der Waals surface area contributed by atoms with Gasteiger partial charge in [0.25, 0.3) is 0 Å². The Balaban J connectivity index is 1.79. The van der Waals surface area contributed by atoms with Gasteiger partial charge < -0.3 is 9.47 Å². The molecule has 1 aliphatic rings. The molecular weight excluding hydrogens is 455 g/mol. The molecule has 174 valence electrons. The number of alkyl halides is 3. The van der Waals surface area contributed by atoms with Gasteiger partial charge in [-0.15, -0.1) is 13.2 Å². The van der Waals surface area contributed by atoms with Gasteiger partial charge in [-0.05, 0) is 35.2 Å². The second-order valence-corrected chi connectivity index (χ2v) is 9.53. The Labute approximate surface area is 190 Å². The average molecular weight is 478 g/mol. The Hall–Kier alpha value is -2.88. The van der Waals surface area contributed by atoms with E-state index in [1.54, 1.807) is 12.1 Å². The number of halogens is 3. The van der Waals surface area contributed by atoms with Crippen LogP contribution in [-0.2, 0) is 34.3 Å². The van der Waals surface area contributed by atoms with Crippen LogP contribution in [-0.4, -0.2) is 31.7 Å². The predicted octanol–water partition coefficient (Wildman–Crippen LogP) is 4.92. The summed E-state index contributed by atoms with van der Waals surface area (Å²) in [5.41, 5.74) is 2.45. The molecule has 3 aromatic rings. The maximum atomic E-state index is 13.8. The van der Waals surface area contributed by atoms with E-state index in [1.165, 1.54) is 16.4 Å². The number of benzene rings is 3. The van der Waals surface area contributed by atoms with E-state index in [0.717, 1.165) is 28.8 Å². The van der Waals surface area contributed by atoms with E-state index in [2.05, 4.69) is 4.74 Å². The first-order chi connectivity index (χ1) is 15.7. The van der Waals surface area contributed by atoms with Crippen molar-refractivity contribution in [1.82, 2.24) is 4.31 Å². The molecule has 3 aromatic carbocycles. The summed E-state index contributed by atoms with van der Waals surface area (Å²) in [7, 11) is -4.39. The molecule has 5 nitrogen and oxygen atoms in total. The van der Waals surface area contributed by atoms with E-state index >= 15 is 0 Å². The van der Waals surface area contributed by atoms with Crippen molar-refractivity contribution < 1.29 is 31.1 Å². The van der Waals surface area contributed by atoms with E-state index in [4.69, 9.17) is 4.74 Å². The van der Waals surface area contributed by atoms with E-state index < -0.39 is 33.1 Å². The molecule has 0 aromatic heterocycles. The summed E-state index contributed by atoms with van der Waals surface area (Å²) in [6.07, 6.45) is -4.69. The molecule has 1 unspecified atom stereocenters. The number of hydrogen-bond acceptors (Lipinski definition) is 4. The molecule has 0 spiro atoms. The number of nitrogens with zero attached hydrogens (tertiary/aromatic N) is 1. The molecule has 0 aliphatic carbocycles. The molecule has 0 radical (unpaired) electrons. The Kier molecular flexibility index (Phi) is 6.73. The lowest BCUT2D eigenvalue weighted by Gasteiger charge is -2.34. The van der Waals surface area contributed by atoms with E-state index in [-0.39, 0.29) is 13.2 Å². The van der Waals surface area contributed by atoms with Crippen LogP contribution >= 0.6 is 0 Å². The third kappa shape index (κ3) is 5.55. The van der Waals surface area contributed by atoms with Crippen LogP contribution in [0.4, 0.5) is 13.2 Å². The number of hydrogen-bond donors (Lipinski definition) is 0. The minimum atomic E-state index is -5.03. The van der Waals surface area contributed by atoms with E-state index in [0.29, 0.717) is 13.0 Å². The predicted molar refractivity (Wildman–Crippen MR) is 116 cm³/mol. The Morgan fingerprint density at radius 1 is 0.909 bits per heavy atom. The highest BCUT2D eigenvalue weighted by atomic mass is 32.2. The molecule has 4 rings (SSSR count). The molecule has 0 bridgehead atoms. The first-order valence-electron chi connectivity index (χ1n) is 10.3. The lowest BCUT2D eigenvalue weighted by atomic mass is 10.0. The largest absolute Gasteiger partial charge is 0.573 e. The first-order valence-corrected chi connectivity index (χ1v) is 11.7. The minimum Gasteiger partial charge on any atom is -0.404 e. The van der Waals surface area contributed by atoms with Crippen LogP contribution < -0.4 is 4.74 Å². The van der Waals surface area contributed by atoms with Crippen LogP contribution in [0.15, 0.2) is 83.8 Å². The normalized spacial score (nSPS) is 17.6. The zero-order chi connectivity index (χ0) is 23.5. The van der Waals surface area contributed by atoms with Crippen LogP contribution in [0.1, 0.15) is 16.7 Å². The molecule has 0 saturated heterocycles. The second kappa shape index (κ2) is 9.54. The molecule has 0 N–H and O–H groups in total. The van der Waals surface area contributed by atoms with Crippen molar-refractivity contribution in [3.8, 4) is 5.75 Å².